The fourth-order valence-electron chi connectivity index (χ4n) is 3.63. The molecule has 0 saturated heterocycles. The summed E-state index contributed by atoms with van der Waals surface area (Å²) < 4.78 is 0. The van der Waals surface area contributed by atoms with Gasteiger partial charge in [-0.2, -0.15) is 0 Å². The molecule has 3 rings (SSSR count). The third kappa shape index (κ3) is 2.18. The van der Waals surface area contributed by atoms with Gasteiger partial charge in [-0.3, -0.25) is 4.79 Å². The van der Waals surface area contributed by atoms with Crippen LogP contribution in [0, 0.1) is 17.8 Å². The number of ketones is 1. The highest BCUT2D eigenvalue weighted by Gasteiger charge is 2.39. The molecule has 3 atom stereocenters. The van der Waals surface area contributed by atoms with E-state index in [1.54, 1.807) is 18.3 Å². The zero-order valence-corrected chi connectivity index (χ0v) is 11.9. The molecule has 0 spiro atoms. The largest absolute Gasteiger partial charge is 0.351 e. The smallest absolute Gasteiger partial charge is 0.185 e. The minimum absolute atomic E-state index is 0.0609. The Labute approximate surface area is 112 Å². The molecule has 2 aliphatic carbocycles. The van der Waals surface area contributed by atoms with Gasteiger partial charge in [0.15, 0.2) is 10.9 Å². The van der Waals surface area contributed by atoms with E-state index < -0.39 is 0 Å². The lowest BCUT2D eigenvalue weighted by atomic mass is 9.88. The van der Waals surface area contributed by atoms with Gasteiger partial charge in [0.1, 0.15) is 5.69 Å². The lowest BCUT2D eigenvalue weighted by molar-refractivity contribution is 0.101. The van der Waals surface area contributed by atoms with Gasteiger partial charge in [-0.25, -0.2) is 4.98 Å². The first kappa shape index (κ1) is 12.2. The molecule has 0 aliphatic heterocycles. The second-order valence-corrected chi connectivity index (χ2v) is 6.72. The number of fused-ring (bicyclic) bond motifs is 2. The molecule has 2 bridgehead atoms. The fourth-order valence-corrected chi connectivity index (χ4v) is 4.47. The highest BCUT2D eigenvalue weighted by molar-refractivity contribution is 7.13. The summed E-state index contributed by atoms with van der Waals surface area (Å²) in [6.07, 6.45) is 5.74. The predicted molar refractivity (Wildman–Crippen MR) is 74.3 cm³/mol. The normalized spacial score (nSPS) is 29.8. The van der Waals surface area contributed by atoms with E-state index in [-0.39, 0.29) is 5.78 Å². The van der Waals surface area contributed by atoms with Crippen molar-refractivity contribution in [2.75, 3.05) is 18.5 Å². The number of carbonyl (C=O) groups is 1. The summed E-state index contributed by atoms with van der Waals surface area (Å²) in [5.41, 5.74) is 0.606. The van der Waals surface area contributed by atoms with Gasteiger partial charge in [-0.1, -0.05) is 6.42 Å². The number of rotatable bonds is 4. The average molecular weight is 264 g/mol. The third-order valence-electron chi connectivity index (χ3n) is 4.57. The number of hydrogen-bond donors (Lipinski definition) is 0. The van der Waals surface area contributed by atoms with Gasteiger partial charge in [-0.05, 0) is 37.0 Å². The maximum absolute atomic E-state index is 11.3. The minimum Gasteiger partial charge on any atom is -0.351 e. The van der Waals surface area contributed by atoms with Crippen LogP contribution in [0.4, 0.5) is 5.13 Å². The van der Waals surface area contributed by atoms with Crippen molar-refractivity contribution in [2.24, 2.45) is 17.8 Å². The van der Waals surface area contributed by atoms with E-state index in [1.807, 2.05) is 5.38 Å². The van der Waals surface area contributed by atoms with Gasteiger partial charge in [0.25, 0.3) is 0 Å². The Hall–Kier alpha value is -0.900. The van der Waals surface area contributed by atoms with Crippen molar-refractivity contribution >= 4 is 22.3 Å². The Balaban J connectivity index is 1.63. The monoisotopic (exact) mass is 264 g/mol. The lowest BCUT2D eigenvalue weighted by Gasteiger charge is -2.26. The molecule has 3 nitrogen and oxygen atoms in total. The first-order valence-corrected chi connectivity index (χ1v) is 7.69. The molecule has 2 aliphatic rings. The summed E-state index contributed by atoms with van der Waals surface area (Å²) in [6, 6.07) is 0. The highest BCUT2D eigenvalue weighted by Crippen LogP contribution is 2.48. The molecule has 2 saturated carbocycles. The van der Waals surface area contributed by atoms with Crippen LogP contribution in [-0.2, 0) is 0 Å². The third-order valence-corrected chi connectivity index (χ3v) is 5.53. The Morgan fingerprint density at radius 2 is 2.33 bits per heavy atom. The topological polar surface area (TPSA) is 33.2 Å². The van der Waals surface area contributed by atoms with Gasteiger partial charge >= 0.3 is 0 Å². The van der Waals surface area contributed by atoms with Crippen LogP contribution in [0.5, 0.6) is 0 Å². The molecule has 0 radical (unpaired) electrons. The number of Topliss-reactive ketones (excluding diaryl/α,β-unsaturated/α-hetero) is 1. The van der Waals surface area contributed by atoms with E-state index in [2.05, 4.69) is 16.9 Å². The molecule has 0 aromatic carbocycles. The van der Waals surface area contributed by atoms with E-state index in [0.717, 1.165) is 29.4 Å². The van der Waals surface area contributed by atoms with Crippen molar-refractivity contribution in [2.45, 2.75) is 32.6 Å². The molecule has 1 heterocycles. The van der Waals surface area contributed by atoms with Gasteiger partial charge in [0.05, 0.1) is 0 Å². The summed E-state index contributed by atoms with van der Waals surface area (Å²) in [4.78, 5) is 17.9. The fraction of sp³-hybridized carbons (Fsp3) is 0.714. The maximum atomic E-state index is 11.3. The first-order valence-electron chi connectivity index (χ1n) is 6.81. The number of anilines is 1. The summed E-state index contributed by atoms with van der Waals surface area (Å²) in [7, 11) is 2.11. The molecule has 3 unspecified atom stereocenters. The van der Waals surface area contributed by atoms with Crippen LogP contribution in [0.2, 0.25) is 0 Å². The highest BCUT2D eigenvalue weighted by atomic mass is 32.1. The van der Waals surface area contributed by atoms with Crippen LogP contribution in [0.25, 0.3) is 0 Å². The second kappa shape index (κ2) is 4.65. The Bertz CT molecular complexity index is 456. The van der Waals surface area contributed by atoms with Crippen LogP contribution in [0.1, 0.15) is 43.1 Å². The molecule has 2 fully saturated rings. The van der Waals surface area contributed by atoms with Gasteiger partial charge < -0.3 is 4.90 Å². The Morgan fingerprint density at radius 3 is 2.89 bits per heavy atom. The zero-order chi connectivity index (χ0) is 12.7. The van der Waals surface area contributed by atoms with Crippen molar-refractivity contribution in [1.29, 1.82) is 0 Å². The van der Waals surface area contributed by atoms with E-state index in [4.69, 9.17) is 0 Å². The van der Waals surface area contributed by atoms with Crippen LogP contribution >= 0.6 is 11.3 Å². The van der Waals surface area contributed by atoms with E-state index >= 15 is 0 Å². The molecular weight excluding hydrogens is 244 g/mol. The van der Waals surface area contributed by atoms with Crippen molar-refractivity contribution in [3.8, 4) is 0 Å². The first-order chi connectivity index (χ1) is 8.63. The second-order valence-electron chi connectivity index (χ2n) is 5.89. The average Bonchev–Trinajstić information content (AvgIpc) is 3.04. The molecule has 18 heavy (non-hydrogen) atoms. The molecule has 0 amide bonds. The summed E-state index contributed by atoms with van der Waals surface area (Å²) in [5.74, 6) is 2.85. The van der Waals surface area contributed by atoms with E-state index in [1.165, 1.54) is 25.7 Å². The Kier molecular flexibility index (Phi) is 3.14. The predicted octanol–water partition coefficient (Wildman–Crippen LogP) is 3.22. The molecule has 0 N–H and O–H groups in total. The molecule has 1 aromatic rings. The number of carbonyl (C=O) groups excluding carboxylic acids is 1. The van der Waals surface area contributed by atoms with Gasteiger partial charge in [-0.15, -0.1) is 11.3 Å². The van der Waals surface area contributed by atoms with Crippen LogP contribution in [0.15, 0.2) is 5.38 Å². The molecule has 98 valence electrons. The number of aromatic nitrogens is 1. The summed E-state index contributed by atoms with van der Waals surface area (Å²) in [6.45, 7) is 2.68. The number of nitrogens with zero attached hydrogens (tertiary/aromatic N) is 2. The zero-order valence-electron chi connectivity index (χ0n) is 11.1. The SMILES string of the molecule is CC(=O)c1csc(N(C)CC2CC3CCC2C3)n1. The van der Waals surface area contributed by atoms with Crippen molar-refractivity contribution in [3.63, 3.8) is 0 Å². The number of thiazole rings is 1. The van der Waals surface area contributed by atoms with E-state index in [0.29, 0.717) is 5.69 Å². The number of hydrogen-bond acceptors (Lipinski definition) is 4. The minimum atomic E-state index is 0.0609. The van der Waals surface area contributed by atoms with Crippen LogP contribution < -0.4 is 4.90 Å². The van der Waals surface area contributed by atoms with Crippen molar-refractivity contribution in [3.05, 3.63) is 11.1 Å². The van der Waals surface area contributed by atoms with E-state index in [9.17, 15) is 4.79 Å². The maximum Gasteiger partial charge on any atom is 0.185 e. The molecule has 1 aromatic heterocycles. The Morgan fingerprint density at radius 1 is 1.50 bits per heavy atom. The van der Waals surface area contributed by atoms with Crippen molar-refractivity contribution in [1.82, 2.24) is 4.98 Å². The standard InChI is InChI=1S/C14H20N2OS/c1-9(17)13-8-18-14(15-13)16(2)7-12-6-10-3-4-11(12)5-10/h8,10-12H,3-7H2,1-2H3. The summed E-state index contributed by atoms with van der Waals surface area (Å²) in [5, 5.41) is 2.86. The van der Waals surface area contributed by atoms with Crippen molar-refractivity contribution < 1.29 is 4.79 Å². The van der Waals surface area contributed by atoms with Crippen LogP contribution in [-0.4, -0.2) is 24.4 Å². The lowest BCUT2D eigenvalue weighted by Crippen LogP contribution is -2.28. The molecule has 4 heteroatoms. The quantitative estimate of drug-likeness (QED) is 0.783. The van der Waals surface area contributed by atoms with Gasteiger partial charge in [0.2, 0.25) is 0 Å². The van der Waals surface area contributed by atoms with Crippen LogP contribution in [0.3, 0.4) is 0 Å². The summed E-state index contributed by atoms with van der Waals surface area (Å²) >= 11 is 1.58. The molecular formula is C14H20N2OS. The van der Waals surface area contributed by atoms with Gasteiger partial charge in [0, 0.05) is 25.9 Å².